The highest BCUT2D eigenvalue weighted by atomic mass is 35.5. The van der Waals surface area contributed by atoms with Gasteiger partial charge in [0.15, 0.2) is 5.65 Å². The van der Waals surface area contributed by atoms with Crippen molar-refractivity contribution in [2.24, 2.45) is 0 Å². The maximum Gasteiger partial charge on any atom is 0.263 e. The monoisotopic (exact) mass is 414 g/mol. The summed E-state index contributed by atoms with van der Waals surface area (Å²) in [6.07, 6.45) is 2.61. The highest BCUT2D eigenvalue weighted by Crippen LogP contribution is 2.20. The number of halogens is 1. The van der Waals surface area contributed by atoms with E-state index in [4.69, 9.17) is 16.6 Å². The Bertz CT molecular complexity index is 1050. The molecule has 3 aromatic rings. The average molecular weight is 415 g/mol. The standard InChI is InChI=1S/C21H27ClN6O/c1-21(2,3)28-18-17(13-23-28)19(29)25-20(24-18)27-10-4-9-26(11-12-27)14-15-5-7-16(22)8-6-15/h5-8,13H,4,9-12,14H2,1-3H3,(H,24,25,29). The summed E-state index contributed by atoms with van der Waals surface area (Å²) < 4.78 is 1.83. The van der Waals surface area contributed by atoms with Crippen molar-refractivity contribution in [1.82, 2.24) is 24.6 Å². The minimum atomic E-state index is -0.242. The van der Waals surface area contributed by atoms with Crippen LogP contribution in [0.2, 0.25) is 5.02 Å². The maximum atomic E-state index is 12.6. The van der Waals surface area contributed by atoms with Crippen LogP contribution in [0.5, 0.6) is 0 Å². The van der Waals surface area contributed by atoms with Crippen molar-refractivity contribution in [2.45, 2.75) is 39.3 Å². The quantitative estimate of drug-likeness (QED) is 0.712. The van der Waals surface area contributed by atoms with Crippen LogP contribution in [-0.2, 0) is 12.1 Å². The predicted molar refractivity (Wildman–Crippen MR) is 117 cm³/mol. The molecule has 1 N–H and O–H groups in total. The predicted octanol–water partition coefficient (Wildman–Crippen LogP) is 3.24. The number of aromatic amines is 1. The van der Waals surface area contributed by atoms with E-state index in [1.807, 2.05) is 16.8 Å². The Kier molecular flexibility index (Phi) is 5.36. The summed E-state index contributed by atoms with van der Waals surface area (Å²) in [5.41, 5.74) is 1.51. The first-order valence-corrected chi connectivity index (χ1v) is 10.4. The summed E-state index contributed by atoms with van der Waals surface area (Å²) in [4.78, 5) is 24.9. The first-order valence-electron chi connectivity index (χ1n) is 10.0. The number of H-pyrrole nitrogens is 1. The summed E-state index contributed by atoms with van der Waals surface area (Å²) >= 11 is 5.99. The number of nitrogens with one attached hydrogen (secondary N) is 1. The lowest BCUT2D eigenvalue weighted by Gasteiger charge is -2.23. The van der Waals surface area contributed by atoms with Gasteiger partial charge < -0.3 is 4.90 Å². The number of hydrogen-bond acceptors (Lipinski definition) is 5. The molecule has 1 fully saturated rings. The van der Waals surface area contributed by atoms with Crippen LogP contribution in [0.3, 0.4) is 0 Å². The molecule has 29 heavy (non-hydrogen) atoms. The largest absolute Gasteiger partial charge is 0.341 e. The van der Waals surface area contributed by atoms with Crippen LogP contribution in [0.15, 0.2) is 35.3 Å². The third-order valence-electron chi connectivity index (χ3n) is 5.27. The molecule has 154 valence electrons. The number of nitrogens with zero attached hydrogens (tertiary/aromatic N) is 5. The van der Waals surface area contributed by atoms with Crippen molar-refractivity contribution < 1.29 is 0 Å². The molecule has 3 heterocycles. The van der Waals surface area contributed by atoms with Gasteiger partial charge in [-0.25, -0.2) is 4.68 Å². The minimum Gasteiger partial charge on any atom is -0.341 e. The zero-order valence-electron chi connectivity index (χ0n) is 17.2. The van der Waals surface area contributed by atoms with Crippen LogP contribution < -0.4 is 10.5 Å². The van der Waals surface area contributed by atoms with Crippen LogP contribution in [0, 0.1) is 0 Å². The van der Waals surface area contributed by atoms with E-state index < -0.39 is 0 Å². The molecule has 4 rings (SSSR count). The van der Waals surface area contributed by atoms with E-state index in [1.54, 1.807) is 6.20 Å². The van der Waals surface area contributed by atoms with E-state index in [2.05, 4.69) is 52.8 Å². The third-order valence-corrected chi connectivity index (χ3v) is 5.52. The van der Waals surface area contributed by atoms with Crippen molar-refractivity contribution in [3.63, 3.8) is 0 Å². The van der Waals surface area contributed by atoms with Gasteiger partial charge in [0.2, 0.25) is 5.95 Å². The lowest BCUT2D eigenvalue weighted by molar-refractivity contribution is 0.285. The van der Waals surface area contributed by atoms with E-state index in [9.17, 15) is 4.79 Å². The summed E-state index contributed by atoms with van der Waals surface area (Å²) in [6.45, 7) is 10.6. The Balaban J connectivity index is 1.54. The van der Waals surface area contributed by atoms with Gasteiger partial charge >= 0.3 is 0 Å². The normalized spacial score (nSPS) is 16.3. The molecule has 7 nitrogen and oxygen atoms in total. The van der Waals surface area contributed by atoms with Gasteiger partial charge in [0.1, 0.15) is 5.39 Å². The van der Waals surface area contributed by atoms with Crippen molar-refractivity contribution in [1.29, 1.82) is 0 Å². The zero-order chi connectivity index (χ0) is 20.6. The molecule has 0 atom stereocenters. The summed E-state index contributed by atoms with van der Waals surface area (Å²) in [6, 6.07) is 8.02. The number of hydrogen-bond donors (Lipinski definition) is 1. The van der Waals surface area contributed by atoms with Gasteiger partial charge in [-0.05, 0) is 44.9 Å². The third kappa shape index (κ3) is 4.31. The fraction of sp³-hybridized carbons (Fsp3) is 0.476. The number of anilines is 1. The number of rotatable bonds is 3. The van der Waals surface area contributed by atoms with E-state index in [0.717, 1.165) is 44.2 Å². The van der Waals surface area contributed by atoms with Gasteiger partial charge in [-0.2, -0.15) is 10.1 Å². The molecular formula is C21H27ClN6O. The molecule has 0 spiro atoms. The van der Waals surface area contributed by atoms with Crippen molar-refractivity contribution in [3.05, 3.63) is 51.4 Å². The molecule has 0 bridgehead atoms. The fourth-order valence-electron chi connectivity index (χ4n) is 3.74. The van der Waals surface area contributed by atoms with Crippen LogP contribution in [0.25, 0.3) is 11.0 Å². The molecule has 0 amide bonds. The van der Waals surface area contributed by atoms with Crippen molar-refractivity contribution >= 4 is 28.6 Å². The summed E-state index contributed by atoms with van der Waals surface area (Å²) in [7, 11) is 0. The molecule has 8 heteroatoms. The maximum absolute atomic E-state index is 12.6. The van der Waals surface area contributed by atoms with Gasteiger partial charge in [-0.15, -0.1) is 0 Å². The van der Waals surface area contributed by atoms with Gasteiger partial charge in [-0.1, -0.05) is 23.7 Å². The molecule has 1 aliphatic rings. The van der Waals surface area contributed by atoms with Crippen LogP contribution in [0.4, 0.5) is 5.95 Å². The molecule has 1 saturated heterocycles. The number of fused-ring (bicyclic) bond motifs is 1. The van der Waals surface area contributed by atoms with E-state index in [0.29, 0.717) is 17.0 Å². The van der Waals surface area contributed by atoms with Crippen LogP contribution in [-0.4, -0.2) is 50.8 Å². The smallest absolute Gasteiger partial charge is 0.263 e. The Morgan fingerprint density at radius 1 is 1.10 bits per heavy atom. The minimum absolute atomic E-state index is 0.136. The molecule has 0 saturated carbocycles. The SMILES string of the molecule is CC(C)(C)n1ncc2c(=O)[nH]c(N3CCCN(Cc4ccc(Cl)cc4)CC3)nc21. The second-order valence-corrected chi connectivity index (χ2v) is 9.03. The van der Waals surface area contributed by atoms with E-state index in [1.165, 1.54) is 5.56 Å². The van der Waals surface area contributed by atoms with Crippen molar-refractivity contribution in [3.8, 4) is 0 Å². The highest BCUT2D eigenvalue weighted by molar-refractivity contribution is 6.30. The summed E-state index contributed by atoms with van der Waals surface area (Å²) in [5.74, 6) is 0.627. The fourth-order valence-corrected chi connectivity index (χ4v) is 3.86. The van der Waals surface area contributed by atoms with Crippen molar-refractivity contribution in [2.75, 3.05) is 31.1 Å². The second-order valence-electron chi connectivity index (χ2n) is 8.60. The van der Waals surface area contributed by atoms with E-state index in [-0.39, 0.29) is 11.1 Å². The molecule has 0 aliphatic carbocycles. The molecule has 2 aromatic heterocycles. The highest BCUT2D eigenvalue weighted by Gasteiger charge is 2.22. The van der Waals surface area contributed by atoms with Gasteiger partial charge in [0.25, 0.3) is 5.56 Å². The average Bonchev–Trinajstić information content (AvgIpc) is 2.98. The first kappa shape index (κ1) is 19.9. The summed E-state index contributed by atoms with van der Waals surface area (Å²) in [5, 5.41) is 5.69. The van der Waals surface area contributed by atoms with Gasteiger partial charge in [0, 0.05) is 37.7 Å². The molecular weight excluding hydrogens is 388 g/mol. The molecule has 1 aromatic carbocycles. The number of aromatic nitrogens is 4. The van der Waals surface area contributed by atoms with Gasteiger partial charge in [0.05, 0.1) is 11.7 Å². The Labute approximate surface area is 175 Å². The lowest BCUT2D eigenvalue weighted by atomic mass is 10.1. The van der Waals surface area contributed by atoms with Crippen LogP contribution >= 0.6 is 11.6 Å². The Morgan fingerprint density at radius 3 is 2.59 bits per heavy atom. The molecule has 0 unspecified atom stereocenters. The zero-order valence-corrected chi connectivity index (χ0v) is 17.9. The lowest BCUT2D eigenvalue weighted by Crippen LogP contribution is -2.33. The van der Waals surface area contributed by atoms with E-state index >= 15 is 0 Å². The molecule has 0 radical (unpaired) electrons. The van der Waals surface area contributed by atoms with Crippen LogP contribution in [0.1, 0.15) is 32.8 Å². The Morgan fingerprint density at radius 2 is 1.86 bits per heavy atom. The second kappa shape index (κ2) is 7.80. The topological polar surface area (TPSA) is 70.1 Å². The number of benzene rings is 1. The molecule has 1 aliphatic heterocycles. The Hall–Kier alpha value is -2.38. The van der Waals surface area contributed by atoms with Gasteiger partial charge in [-0.3, -0.25) is 14.7 Å². The first-order chi connectivity index (χ1) is 13.8.